The molecule has 0 saturated heterocycles. The average molecular weight is 179 g/mol. The zero-order valence-electron chi connectivity index (χ0n) is 7.66. The maximum absolute atomic E-state index is 11.4. The first-order valence-electron chi connectivity index (χ1n) is 4.12. The van der Waals surface area contributed by atoms with Crippen molar-refractivity contribution in [1.82, 2.24) is 9.55 Å². The number of nitrogens with zero attached hydrogens (tertiary/aromatic N) is 2. The van der Waals surface area contributed by atoms with E-state index in [1.54, 1.807) is 25.5 Å². The van der Waals surface area contributed by atoms with E-state index in [0.717, 1.165) is 6.42 Å². The van der Waals surface area contributed by atoms with Gasteiger partial charge in [0.05, 0.1) is 0 Å². The van der Waals surface area contributed by atoms with E-state index in [2.05, 4.69) is 16.9 Å². The molecule has 4 heteroatoms. The predicted molar refractivity (Wildman–Crippen MR) is 52.8 cm³/mol. The molecule has 13 heavy (non-hydrogen) atoms. The average Bonchev–Trinajstić information content (AvgIpc) is 2.13. The Kier molecular flexibility index (Phi) is 3.25. The van der Waals surface area contributed by atoms with Crippen molar-refractivity contribution < 1.29 is 0 Å². The Morgan fingerprint density at radius 1 is 1.77 bits per heavy atom. The van der Waals surface area contributed by atoms with Crippen molar-refractivity contribution in [3.63, 3.8) is 0 Å². The predicted octanol–water partition coefficient (Wildman–Crippen LogP) is 0.768. The smallest absolute Gasteiger partial charge is 0.293 e. The van der Waals surface area contributed by atoms with E-state index in [4.69, 9.17) is 0 Å². The number of aromatic nitrogens is 2. The lowest BCUT2D eigenvalue weighted by atomic mass is 10.4. The third-order valence-electron chi connectivity index (χ3n) is 1.66. The highest BCUT2D eigenvalue weighted by Gasteiger charge is 1.99. The van der Waals surface area contributed by atoms with Gasteiger partial charge in [0.2, 0.25) is 0 Å². The van der Waals surface area contributed by atoms with Crippen LogP contribution in [0, 0.1) is 0 Å². The Hall–Kier alpha value is -1.58. The lowest BCUT2D eigenvalue weighted by Gasteiger charge is -2.03. The van der Waals surface area contributed by atoms with Crippen LogP contribution in [0.4, 0.5) is 5.82 Å². The third-order valence-corrected chi connectivity index (χ3v) is 1.66. The van der Waals surface area contributed by atoms with E-state index >= 15 is 0 Å². The Morgan fingerprint density at radius 3 is 3.23 bits per heavy atom. The first kappa shape index (κ1) is 9.51. The van der Waals surface area contributed by atoms with Gasteiger partial charge in [-0.25, -0.2) is 4.98 Å². The molecule has 4 nitrogen and oxygen atoms in total. The van der Waals surface area contributed by atoms with Crippen LogP contribution in [-0.4, -0.2) is 16.1 Å². The first-order chi connectivity index (χ1) is 6.25. The molecule has 0 aliphatic rings. The Balaban J connectivity index is 2.72. The van der Waals surface area contributed by atoms with Gasteiger partial charge in [-0.2, -0.15) is 0 Å². The molecule has 1 N–H and O–H groups in total. The van der Waals surface area contributed by atoms with Crippen molar-refractivity contribution in [2.75, 3.05) is 11.9 Å². The van der Waals surface area contributed by atoms with Gasteiger partial charge in [-0.1, -0.05) is 6.08 Å². The van der Waals surface area contributed by atoms with E-state index in [-0.39, 0.29) is 5.56 Å². The highest BCUT2D eigenvalue weighted by atomic mass is 16.1. The molecule has 0 radical (unpaired) electrons. The summed E-state index contributed by atoms with van der Waals surface area (Å²) in [7, 11) is 1.70. The molecule has 0 fully saturated rings. The lowest BCUT2D eigenvalue weighted by molar-refractivity contribution is 0.838. The van der Waals surface area contributed by atoms with Gasteiger partial charge in [-0.05, 0) is 6.42 Å². The largest absolute Gasteiger partial charge is 0.365 e. The molecule has 70 valence electrons. The van der Waals surface area contributed by atoms with Crippen LogP contribution in [0.15, 0.2) is 29.8 Å². The SMILES string of the molecule is C=CCCNc1nccn(C)c1=O. The number of nitrogens with one attached hydrogen (secondary N) is 1. The summed E-state index contributed by atoms with van der Waals surface area (Å²) in [5, 5.41) is 2.94. The number of aryl methyl sites for hydroxylation is 1. The van der Waals surface area contributed by atoms with E-state index < -0.39 is 0 Å². The van der Waals surface area contributed by atoms with Crippen molar-refractivity contribution >= 4 is 5.82 Å². The second kappa shape index (κ2) is 4.45. The Bertz CT molecular complexity index is 343. The summed E-state index contributed by atoms with van der Waals surface area (Å²) >= 11 is 0. The minimum atomic E-state index is -0.105. The molecule has 0 amide bonds. The van der Waals surface area contributed by atoms with Gasteiger partial charge in [-0.15, -0.1) is 6.58 Å². The molecule has 0 aliphatic heterocycles. The van der Waals surface area contributed by atoms with E-state index in [1.165, 1.54) is 4.57 Å². The summed E-state index contributed by atoms with van der Waals surface area (Å²) in [4.78, 5) is 15.3. The van der Waals surface area contributed by atoms with Gasteiger partial charge in [0, 0.05) is 26.0 Å². The molecule has 1 aromatic heterocycles. The van der Waals surface area contributed by atoms with Crippen LogP contribution in [0.5, 0.6) is 0 Å². The van der Waals surface area contributed by atoms with Crippen LogP contribution in [0.1, 0.15) is 6.42 Å². The second-order valence-electron chi connectivity index (χ2n) is 2.70. The first-order valence-corrected chi connectivity index (χ1v) is 4.12. The lowest BCUT2D eigenvalue weighted by Crippen LogP contribution is -2.22. The van der Waals surface area contributed by atoms with Crippen LogP contribution in [0.3, 0.4) is 0 Å². The number of hydrogen-bond acceptors (Lipinski definition) is 3. The fraction of sp³-hybridized carbons (Fsp3) is 0.333. The maximum Gasteiger partial charge on any atom is 0.293 e. The van der Waals surface area contributed by atoms with Crippen LogP contribution in [-0.2, 0) is 7.05 Å². The highest BCUT2D eigenvalue weighted by Crippen LogP contribution is 1.91. The van der Waals surface area contributed by atoms with E-state index in [1.807, 2.05) is 0 Å². The molecule has 0 aromatic carbocycles. The summed E-state index contributed by atoms with van der Waals surface area (Å²) in [6.45, 7) is 4.28. The van der Waals surface area contributed by atoms with Crippen molar-refractivity contribution in [1.29, 1.82) is 0 Å². The topological polar surface area (TPSA) is 46.9 Å². The summed E-state index contributed by atoms with van der Waals surface area (Å²) in [6.07, 6.45) is 5.83. The summed E-state index contributed by atoms with van der Waals surface area (Å²) in [6, 6.07) is 0. The molecule has 1 rings (SSSR count). The van der Waals surface area contributed by atoms with Gasteiger partial charge in [0.25, 0.3) is 5.56 Å². The van der Waals surface area contributed by atoms with Gasteiger partial charge >= 0.3 is 0 Å². The zero-order chi connectivity index (χ0) is 9.68. The van der Waals surface area contributed by atoms with Gasteiger partial charge in [0.1, 0.15) is 0 Å². The second-order valence-corrected chi connectivity index (χ2v) is 2.70. The molecule has 0 atom stereocenters. The van der Waals surface area contributed by atoms with Crippen LogP contribution in [0.2, 0.25) is 0 Å². The molecule has 1 heterocycles. The van der Waals surface area contributed by atoms with Crippen LogP contribution >= 0.6 is 0 Å². The van der Waals surface area contributed by atoms with Crippen LogP contribution < -0.4 is 10.9 Å². The number of anilines is 1. The Labute approximate surface area is 76.9 Å². The fourth-order valence-corrected chi connectivity index (χ4v) is 0.912. The van der Waals surface area contributed by atoms with Crippen molar-refractivity contribution in [3.05, 3.63) is 35.4 Å². The molecule has 0 saturated carbocycles. The standard InChI is InChI=1S/C9H13N3O/c1-3-4-5-10-8-9(13)12(2)7-6-11-8/h3,6-7H,1,4-5H2,2H3,(H,10,11). The van der Waals surface area contributed by atoms with Gasteiger partial charge in [-0.3, -0.25) is 4.79 Å². The number of rotatable bonds is 4. The summed E-state index contributed by atoms with van der Waals surface area (Å²) in [5.74, 6) is 0.395. The third kappa shape index (κ3) is 2.43. The fourth-order valence-electron chi connectivity index (χ4n) is 0.912. The van der Waals surface area contributed by atoms with Gasteiger partial charge < -0.3 is 9.88 Å². The molecular formula is C9H13N3O. The normalized spacial score (nSPS) is 9.62. The molecule has 0 spiro atoms. The number of hydrogen-bond donors (Lipinski definition) is 1. The van der Waals surface area contributed by atoms with Crippen molar-refractivity contribution in [2.24, 2.45) is 7.05 Å². The molecular weight excluding hydrogens is 166 g/mol. The minimum absolute atomic E-state index is 0.105. The zero-order valence-corrected chi connectivity index (χ0v) is 7.66. The summed E-state index contributed by atoms with van der Waals surface area (Å²) in [5.41, 5.74) is -0.105. The van der Waals surface area contributed by atoms with E-state index in [0.29, 0.717) is 12.4 Å². The van der Waals surface area contributed by atoms with Gasteiger partial charge in [0.15, 0.2) is 5.82 Å². The van der Waals surface area contributed by atoms with Crippen LogP contribution in [0.25, 0.3) is 0 Å². The quantitative estimate of drug-likeness (QED) is 0.548. The Morgan fingerprint density at radius 2 is 2.54 bits per heavy atom. The molecule has 0 aliphatic carbocycles. The van der Waals surface area contributed by atoms with Crippen molar-refractivity contribution in [3.8, 4) is 0 Å². The van der Waals surface area contributed by atoms with E-state index in [9.17, 15) is 4.79 Å². The summed E-state index contributed by atoms with van der Waals surface area (Å²) < 4.78 is 1.49. The molecule has 0 bridgehead atoms. The molecule has 1 aromatic rings. The van der Waals surface area contributed by atoms with Crippen molar-refractivity contribution in [2.45, 2.75) is 6.42 Å². The monoisotopic (exact) mass is 179 g/mol. The minimum Gasteiger partial charge on any atom is -0.365 e. The maximum atomic E-state index is 11.4. The molecule has 0 unspecified atom stereocenters. The highest BCUT2D eigenvalue weighted by molar-refractivity contribution is 5.30.